The fourth-order valence-corrected chi connectivity index (χ4v) is 2.97. The zero-order chi connectivity index (χ0) is 13.2. The topological polar surface area (TPSA) is 61.4 Å². The number of aliphatic hydroxyl groups excluding tert-OH is 1. The van der Waals surface area contributed by atoms with Crippen LogP contribution in [-0.2, 0) is 13.1 Å². The Hall–Kier alpha value is -1.10. The van der Waals surface area contributed by atoms with E-state index in [1.807, 2.05) is 18.2 Å². The van der Waals surface area contributed by atoms with Gasteiger partial charge < -0.3 is 15.7 Å². The van der Waals surface area contributed by atoms with Gasteiger partial charge in [0.15, 0.2) is 0 Å². The quantitative estimate of drug-likeness (QED) is 0.779. The van der Waals surface area contributed by atoms with Crippen molar-refractivity contribution in [1.29, 1.82) is 0 Å². The first kappa shape index (κ1) is 15.3. The van der Waals surface area contributed by atoms with E-state index in [2.05, 4.69) is 10.6 Å². The molecule has 20 heavy (non-hydrogen) atoms. The van der Waals surface area contributed by atoms with E-state index in [0.717, 1.165) is 38.8 Å². The van der Waals surface area contributed by atoms with E-state index in [4.69, 9.17) is 0 Å². The smallest absolute Gasteiger partial charge is 0.251 e. The lowest BCUT2D eigenvalue weighted by molar-refractivity contribution is 0.0717. The summed E-state index contributed by atoms with van der Waals surface area (Å²) in [4.78, 5) is 12.2. The number of halogens is 1. The molecule has 3 rings (SSSR count). The van der Waals surface area contributed by atoms with E-state index < -0.39 is 6.10 Å². The maximum Gasteiger partial charge on any atom is 0.251 e. The lowest BCUT2D eigenvalue weighted by Crippen LogP contribution is -2.45. The average molecular weight is 297 g/mol. The number of amides is 1. The van der Waals surface area contributed by atoms with Crippen molar-refractivity contribution < 1.29 is 9.90 Å². The maximum atomic E-state index is 12.2. The Kier molecular flexibility index (Phi) is 5.02. The van der Waals surface area contributed by atoms with Gasteiger partial charge in [-0.3, -0.25) is 4.79 Å². The van der Waals surface area contributed by atoms with E-state index in [1.165, 1.54) is 11.1 Å². The van der Waals surface area contributed by atoms with Crippen molar-refractivity contribution in [2.24, 2.45) is 0 Å². The van der Waals surface area contributed by atoms with Crippen LogP contribution in [0.25, 0.3) is 0 Å². The third-order valence-electron chi connectivity index (χ3n) is 4.15. The summed E-state index contributed by atoms with van der Waals surface area (Å²) < 4.78 is 0. The molecular weight excluding hydrogens is 276 g/mol. The van der Waals surface area contributed by atoms with E-state index in [0.29, 0.717) is 5.56 Å². The summed E-state index contributed by atoms with van der Waals surface area (Å²) in [6, 6.07) is 5.75. The number of rotatable bonds is 2. The van der Waals surface area contributed by atoms with Gasteiger partial charge in [-0.05, 0) is 36.1 Å². The highest BCUT2D eigenvalue weighted by Crippen LogP contribution is 2.20. The van der Waals surface area contributed by atoms with Crippen LogP contribution in [0.15, 0.2) is 18.2 Å². The molecule has 0 spiro atoms. The summed E-state index contributed by atoms with van der Waals surface area (Å²) in [5, 5.41) is 16.1. The van der Waals surface area contributed by atoms with E-state index >= 15 is 0 Å². The van der Waals surface area contributed by atoms with Gasteiger partial charge in [-0.2, -0.15) is 0 Å². The van der Waals surface area contributed by atoms with Gasteiger partial charge in [0, 0.05) is 18.7 Å². The molecule has 110 valence electrons. The van der Waals surface area contributed by atoms with Crippen LogP contribution < -0.4 is 10.6 Å². The molecule has 4 nitrogen and oxygen atoms in total. The van der Waals surface area contributed by atoms with Crippen LogP contribution in [-0.4, -0.2) is 23.2 Å². The largest absolute Gasteiger partial charge is 0.391 e. The number of hydrogen-bond donors (Lipinski definition) is 3. The lowest BCUT2D eigenvalue weighted by Gasteiger charge is -2.28. The maximum absolute atomic E-state index is 12.2. The minimum Gasteiger partial charge on any atom is -0.391 e. The number of nitrogens with one attached hydrogen (secondary N) is 2. The first-order valence-electron chi connectivity index (χ1n) is 7.05. The first-order chi connectivity index (χ1) is 9.24. The summed E-state index contributed by atoms with van der Waals surface area (Å²) in [5.74, 6) is -0.0688. The predicted molar refractivity (Wildman–Crippen MR) is 80.0 cm³/mol. The van der Waals surface area contributed by atoms with Gasteiger partial charge in [0.25, 0.3) is 5.91 Å². The van der Waals surface area contributed by atoms with Crippen LogP contribution in [0.2, 0.25) is 0 Å². The number of hydrogen-bond acceptors (Lipinski definition) is 3. The second kappa shape index (κ2) is 6.57. The molecule has 1 aliphatic heterocycles. The number of carbonyl (C=O) groups is 1. The van der Waals surface area contributed by atoms with Gasteiger partial charge >= 0.3 is 0 Å². The normalized spacial score (nSPS) is 24.6. The van der Waals surface area contributed by atoms with Crippen LogP contribution in [0.5, 0.6) is 0 Å². The Morgan fingerprint density at radius 3 is 2.75 bits per heavy atom. The molecule has 0 unspecified atom stereocenters. The highest BCUT2D eigenvalue weighted by atomic mass is 35.5. The highest BCUT2D eigenvalue weighted by Gasteiger charge is 2.25. The van der Waals surface area contributed by atoms with Crippen LogP contribution in [0, 0.1) is 0 Å². The van der Waals surface area contributed by atoms with Crippen molar-refractivity contribution in [3.05, 3.63) is 34.9 Å². The monoisotopic (exact) mass is 296 g/mol. The molecule has 1 aromatic carbocycles. The molecule has 0 radical (unpaired) electrons. The zero-order valence-corrected chi connectivity index (χ0v) is 12.2. The van der Waals surface area contributed by atoms with Gasteiger partial charge in [0.05, 0.1) is 12.1 Å². The third kappa shape index (κ3) is 3.14. The van der Waals surface area contributed by atoms with Crippen LogP contribution >= 0.6 is 12.4 Å². The Morgan fingerprint density at radius 1 is 1.20 bits per heavy atom. The van der Waals surface area contributed by atoms with Gasteiger partial charge in [-0.1, -0.05) is 18.9 Å². The molecule has 2 atom stereocenters. The lowest BCUT2D eigenvalue weighted by atomic mass is 9.92. The molecule has 1 fully saturated rings. The summed E-state index contributed by atoms with van der Waals surface area (Å²) >= 11 is 0. The Labute approximate surface area is 125 Å². The SMILES string of the molecule is Cl.O=C(N[C@@H]1CCCC[C@H]1O)c1ccc2c(c1)CNC2. The van der Waals surface area contributed by atoms with Crippen molar-refractivity contribution in [2.75, 3.05) is 0 Å². The molecule has 1 heterocycles. The molecule has 0 saturated heterocycles. The second-order valence-electron chi connectivity index (χ2n) is 5.52. The van der Waals surface area contributed by atoms with Crippen molar-refractivity contribution >= 4 is 18.3 Å². The number of fused-ring (bicyclic) bond motifs is 1. The van der Waals surface area contributed by atoms with E-state index in [1.54, 1.807) is 0 Å². The Bertz CT molecular complexity index is 493. The van der Waals surface area contributed by atoms with Crippen molar-refractivity contribution in [1.82, 2.24) is 10.6 Å². The van der Waals surface area contributed by atoms with E-state index in [9.17, 15) is 9.90 Å². The van der Waals surface area contributed by atoms with Crippen molar-refractivity contribution in [3.8, 4) is 0 Å². The molecule has 0 aromatic heterocycles. The molecule has 1 amide bonds. The van der Waals surface area contributed by atoms with E-state index in [-0.39, 0.29) is 24.4 Å². The second-order valence-corrected chi connectivity index (χ2v) is 5.52. The Morgan fingerprint density at radius 2 is 1.95 bits per heavy atom. The van der Waals surface area contributed by atoms with Crippen LogP contribution in [0.4, 0.5) is 0 Å². The van der Waals surface area contributed by atoms with Crippen molar-refractivity contribution in [2.45, 2.75) is 50.9 Å². The predicted octanol–water partition coefficient (Wildman–Crippen LogP) is 1.74. The van der Waals surface area contributed by atoms with Crippen molar-refractivity contribution in [3.63, 3.8) is 0 Å². The minimum atomic E-state index is -0.395. The Balaban J connectivity index is 0.00000147. The minimum absolute atomic E-state index is 0. The fraction of sp³-hybridized carbons (Fsp3) is 0.533. The van der Waals surface area contributed by atoms with Gasteiger partial charge in [-0.25, -0.2) is 0 Å². The van der Waals surface area contributed by atoms with Gasteiger partial charge in [-0.15, -0.1) is 12.4 Å². The molecule has 5 heteroatoms. The first-order valence-corrected chi connectivity index (χ1v) is 7.05. The van der Waals surface area contributed by atoms with Gasteiger partial charge in [0.1, 0.15) is 0 Å². The summed E-state index contributed by atoms with van der Waals surface area (Å²) in [6.45, 7) is 1.72. The molecule has 1 aromatic rings. The summed E-state index contributed by atoms with van der Waals surface area (Å²) in [7, 11) is 0. The average Bonchev–Trinajstić information content (AvgIpc) is 2.88. The fourth-order valence-electron chi connectivity index (χ4n) is 2.97. The molecule has 3 N–H and O–H groups in total. The zero-order valence-electron chi connectivity index (χ0n) is 11.4. The number of carbonyl (C=O) groups excluding carboxylic acids is 1. The van der Waals surface area contributed by atoms with Crippen LogP contribution in [0.3, 0.4) is 0 Å². The standard InChI is InChI=1S/C15H20N2O2.ClH/c18-14-4-2-1-3-13(14)17-15(19)10-5-6-11-8-16-9-12(11)7-10;/h5-7,13-14,16,18H,1-4,8-9H2,(H,17,19);1H/t13-,14-;/m1./s1. The molecule has 0 bridgehead atoms. The number of benzene rings is 1. The van der Waals surface area contributed by atoms with Gasteiger partial charge in [0.2, 0.25) is 0 Å². The number of aliphatic hydroxyl groups is 1. The van der Waals surface area contributed by atoms with Crippen LogP contribution in [0.1, 0.15) is 47.2 Å². The molecule has 1 saturated carbocycles. The molecule has 1 aliphatic carbocycles. The molecule has 2 aliphatic rings. The molecular formula is C15H21ClN2O2. The third-order valence-corrected chi connectivity index (χ3v) is 4.15. The summed E-state index contributed by atoms with van der Waals surface area (Å²) in [5.41, 5.74) is 3.17. The summed E-state index contributed by atoms with van der Waals surface area (Å²) in [6.07, 6.45) is 3.40. The highest BCUT2D eigenvalue weighted by molar-refractivity contribution is 5.94.